The molecule has 0 saturated heterocycles. The van der Waals surface area contributed by atoms with Gasteiger partial charge in [-0.1, -0.05) is 57.9 Å². The number of hydrogen-bond acceptors (Lipinski definition) is 1. The van der Waals surface area contributed by atoms with Crippen LogP contribution in [0.2, 0.25) is 0 Å². The Morgan fingerprint density at radius 1 is 0.944 bits per heavy atom. The van der Waals surface area contributed by atoms with Gasteiger partial charge in [0.25, 0.3) is 0 Å². The number of ether oxygens (including phenoxy) is 1. The molecule has 0 spiro atoms. The topological polar surface area (TPSA) is 29.1 Å². The van der Waals surface area contributed by atoms with Crippen molar-refractivity contribution in [3.05, 3.63) is 24.3 Å². The van der Waals surface area contributed by atoms with Crippen molar-refractivity contribution in [3.8, 4) is 11.5 Å². The Morgan fingerprint density at radius 3 is 2.28 bits per heavy atom. The van der Waals surface area contributed by atoms with Crippen molar-refractivity contribution >= 4 is 0 Å². The van der Waals surface area contributed by atoms with Gasteiger partial charge in [-0.2, -0.15) is 0 Å². The minimum Gasteiger partial charge on any atom is -0.493 e. The molecule has 1 rings (SSSR count). The molecule has 1 aromatic rings. The smallest absolute Gasteiger partial charge is 0.182 e. The summed E-state index contributed by atoms with van der Waals surface area (Å²) in [5.41, 5.74) is 0. The first-order valence-corrected chi connectivity index (χ1v) is 7.23. The highest BCUT2D eigenvalue weighted by Crippen LogP contribution is 2.18. The molecule has 18 heavy (non-hydrogen) atoms. The van der Waals surface area contributed by atoms with Crippen molar-refractivity contribution in [3.63, 3.8) is 0 Å². The van der Waals surface area contributed by atoms with Crippen molar-refractivity contribution in [1.29, 1.82) is 0 Å². The Kier molecular flexibility index (Phi) is 8.11. The third-order valence-corrected chi connectivity index (χ3v) is 3.07. The van der Waals surface area contributed by atoms with Crippen LogP contribution in [0.25, 0.3) is 0 Å². The summed E-state index contributed by atoms with van der Waals surface area (Å²) in [7, 11) is 0. The summed E-state index contributed by atoms with van der Waals surface area (Å²) in [6.45, 7) is 2.96. The van der Waals surface area contributed by atoms with E-state index in [2.05, 4.69) is 6.92 Å². The zero-order chi connectivity index (χ0) is 13.1. The lowest BCUT2D eigenvalue weighted by Crippen LogP contribution is -1.96. The van der Waals surface area contributed by atoms with Crippen molar-refractivity contribution in [1.82, 2.24) is 0 Å². The van der Waals surface area contributed by atoms with E-state index >= 15 is 0 Å². The summed E-state index contributed by atoms with van der Waals surface area (Å²) in [6, 6.07) is 6.67. The molecule has 0 unspecified atom stereocenters. The molecule has 0 aliphatic heterocycles. The number of rotatable bonds is 10. The molecule has 2 nitrogen and oxygen atoms in total. The molecule has 0 N–H and O–H groups in total. The quantitative estimate of drug-likeness (QED) is 0.514. The molecule has 1 aromatic carbocycles. The zero-order valence-electron chi connectivity index (χ0n) is 11.5. The highest BCUT2D eigenvalue weighted by molar-refractivity contribution is 5.31. The fraction of sp³-hybridized carbons (Fsp3) is 0.625. The Balaban J connectivity index is 1.92. The summed E-state index contributed by atoms with van der Waals surface area (Å²) in [5, 5.41) is 11.1. The van der Waals surface area contributed by atoms with Crippen molar-refractivity contribution in [2.45, 2.75) is 58.3 Å². The van der Waals surface area contributed by atoms with Gasteiger partial charge in [0.2, 0.25) is 0 Å². The molecule has 0 aliphatic rings. The van der Waals surface area contributed by atoms with Gasteiger partial charge in [0.1, 0.15) is 5.75 Å². The van der Waals surface area contributed by atoms with Crippen LogP contribution in [0.1, 0.15) is 58.3 Å². The van der Waals surface area contributed by atoms with Crippen LogP contribution in [0.5, 0.6) is 11.5 Å². The molecule has 101 valence electrons. The largest absolute Gasteiger partial charge is 0.493 e. The number of unbranched alkanes of at least 4 members (excludes halogenated alkanes) is 7. The van der Waals surface area contributed by atoms with Gasteiger partial charge < -0.3 is 4.74 Å². The summed E-state index contributed by atoms with van der Waals surface area (Å²) in [6.07, 6.45) is 10.4. The summed E-state index contributed by atoms with van der Waals surface area (Å²) in [5.74, 6) is 0.717. The third kappa shape index (κ3) is 7.21. The molecule has 1 radical (unpaired) electrons. The lowest BCUT2D eigenvalue weighted by atomic mass is 10.1. The van der Waals surface area contributed by atoms with Gasteiger partial charge in [-0.05, 0) is 18.6 Å². The van der Waals surface area contributed by atoms with E-state index < -0.39 is 0 Å². The van der Waals surface area contributed by atoms with Gasteiger partial charge in [0, 0.05) is 6.07 Å². The van der Waals surface area contributed by atoms with Crippen LogP contribution < -0.4 is 4.74 Å². The van der Waals surface area contributed by atoms with E-state index in [1.807, 2.05) is 6.07 Å². The minimum atomic E-state index is 0.0171. The first-order valence-electron chi connectivity index (χ1n) is 7.23. The molecule has 0 heterocycles. The first kappa shape index (κ1) is 14.9. The zero-order valence-corrected chi connectivity index (χ0v) is 11.5. The molecule has 0 atom stereocenters. The van der Waals surface area contributed by atoms with Crippen molar-refractivity contribution in [2.75, 3.05) is 6.61 Å². The SMILES string of the molecule is CCCCCCCCCCOc1cccc([O])c1. The maximum atomic E-state index is 11.1. The van der Waals surface area contributed by atoms with E-state index in [1.54, 1.807) is 18.2 Å². The molecular weight excluding hydrogens is 224 g/mol. The second-order valence-electron chi connectivity index (χ2n) is 4.80. The lowest BCUT2D eigenvalue weighted by molar-refractivity contribution is 0.299. The average molecular weight is 249 g/mol. The molecule has 0 aliphatic carbocycles. The van der Waals surface area contributed by atoms with Crippen LogP contribution in [-0.2, 0) is 5.11 Å². The predicted octanol–water partition coefficient (Wildman–Crippen LogP) is 5.35. The average Bonchev–Trinajstić information content (AvgIpc) is 2.37. The van der Waals surface area contributed by atoms with Crippen LogP contribution in [0, 0.1) is 0 Å². The fourth-order valence-corrected chi connectivity index (χ4v) is 1.99. The second-order valence-corrected chi connectivity index (χ2v) is 4.80. The third-order valence-electron chi connectivity index (χ3n) is 3.07. The molecule has 0 aromatic heterocycles. The van der Waals surface area contributed by atoms with Gasteiger partial charge in [-0.3, -0.25) is 5.11 Å². The Morgan fingerprint density at radius 2 is 1.61 bits per heavy atom. The maximum absolute atomic E-state index is 11.1. The van der Waals surface area contributed by atoms with Crippen LogP contribution in [-0.4, -0.2) is 6.61 Å². The van der Waals surface area contributed by atoms with E-state index in [0.717, 1.165) is 13.0 Å². The minimum absolute atomic E-state index is 0.0171. The standard InChI is InChI=1S/C16H25O2/c1-2-3-4-5-6-7-8-9-13-18-16-12-10-11-15(17)14-16/h10-12,14H,2-9,13H2,1H3. The van der Waals surface area contributed by atoms with Crippen molar-refractivity contribution in [2.24, 2.45) is 0 Å². The van der Waals surface area contributed by atoms with Gasteiger partial charge in [-0.25, -0.2) is 0 Å². The normalized spacial score (nSPS) is 10.5. The van der Waals surface area contributed by atoms with E-state index in [1.165, 1.54) is 44.9 Å². The van der Waals surface area contributed by atoms with Crippen LogP contribution in [0.4, 0.5) is 0 Å². The van der Waals surface area contributed by atoms with E-state index in [9.17, 15) is 5.11 Å². The van der Waals surface area contributed by atoms with E-state index in [4.69, 9.17) is 4.74 Å². The fourth-order valence-electron chi connectivity index (χ4n) is 1.99. The Hall–Kier alpha value is -1.18. The molecule has 0 saturated carbocycles. The van der Waals surface area contributed by atoms with Gasteiger partial charge in [0.05, 0.1) is 6.61 Å². The Bertz CT molecular complexity index is 310. The summed E-state index contributed by atoms with van der Waals surface area (Å²) in [4.78, 5) is 0. The predicted molar refractivity (Wildman–Crippen MR) is 74.7 cm³/mol. The molecular formula is C16H25O2. The number of hydrogen-bond donors (Lipinski definition) is 0. The highest BCUT2D eigenvalue weighted by atomic mass is 16.5. The molecule has 0 amide bonds. The van der Waals surface area contributed by atoms with E-state index in [-0.39, 0.29) is 5.75 Å². The molecule has 0 bridgehead atoms. The summed E-state index contributed by atoms with van der Waals surface area (Å²) >= 11 is 0. The lowest BCUT2D eigenvalue weighted by Gasteiger charge is -2.05. The first-order chi connectivity index (χ1) is 8.83. The Labute approximate surface area is 111 Å². The summed E-state index contributed by atoms with van der Waals surface area (Å²) < 4.78 is 5.53. The van der Waals surface area contributed by atoms with Crippen LogP contribution in [0.15, 0.2) is 24.3 Å². The van der Waals surface area contributed by atoms with Crippen molar-refractivity contribution < 1.29 is 9.84 Å². The van der Waals surface area contributed by atoms with E-state index in [0.29, 0.717) is 5.75 Å². The van der Waals surface area contributed by atoms with Gasteiger partial charge >= 0.3 is 0 Å². The molecule has 2 heteroatoms. The van der Waals surface area contributed by atoms with Crippen LogP contribution >= 0.6 is 0 Å². The van der Waals surface area contributed by atoms with Crippen LogP contribution in [0.3, 0.4) is 0 Å². The highest BCUT2D eigenvalue weighted by Gasteiger charge is 1.96. The second kappa shape index (κ2) is 9.81. The number of benzene rings is 1. The molecule has 0 fully saturated rings. The maximum Gasteiger partial charge on any atom is 0.182 e. The van der Waals surface area contributed by atoms with Gasteiger partial charge in [-0.15, -0.1) is 0 Å². The van der Waals surface area contributed by atoms with Gasteiger partial charge in [0.15, 0.2) is 5.75 Å². The monoisotopic (exact) mass is 249 g/mol.